The van der Waals surface area contributed by atoms with Crippen LogP contribution in [-0.2, 0) is 16.1 Å². The third-order valence-electron chi connectivity index (χ3n) is 7.19. The minimum absolute atomic E-state index is 0.0715. The van der Waals surface area contributed by atoms with Crippen molar-refractivity contribution in [3.8, 4) is 0 Å². The van der Waals surface area contributed by atoms with Gasteiger partial charge in [-0.2, -0.15) is 0 Å². The molecule has 1 N–H and O–H groups in total. The highest BCUT2D eigenvalue weighted by Gasteiger charge is 2.33. The summed E-state index contributed by atoms with van der Waals surface area (Å²) in [4.78, 5) is 29.2. The lowest BCUT2D eigenvalue weighted by molar-refractivity contribution is -0.127. The van der Waals surface area contributed by atoms with Gasteiger partial charge in [-0.15, -0.1) is 0 Å². The fraction of sp³-hybridized carbons (Fsp3) is 0.462. The summed E-state index contributed by atoms with van der Waals surface area (Å²) in [7, 11) is 2.15. The first kappa shape index (κ1) is 21.8. The normalized spacial score (nSPS) is 21.4. The first-order valence-corrected chi connectivity index (χ1v) is 12.0. The Kier molecular flexibility index (Phi) is 5.98. The fourth-order valence-electron chi connectivity index (χ4n) is 5.45. The van der Waals surface area contributed by atoms with Crippen molar-refractivity contribution in [1.82, 2.24) is 14.4 Å². The minimum atomic E-state index is -0.510. The van der Waals surface area contributed by atoms with Crippen molar-refractivity contribution in [1.29, 1.82) is 0 Å². The van der Waals surface area contributed by atoms with Gasteiger partial charge in [-0.05, 0) is 64.0 Å². The highest BCUT2D eigenvalue weighted by Crippen LogP contribution is 2.31. The number of nitrogens with one attached hydrogen (secondary N) is 1. The van der Waals surface area contributed by atoms with Crippen molar-refractivity contribution in [3.05, 3.63) is 42.5 Å². The summed E-state index contributed by atoms with van der Waals surface area (Å²) in [5, 5.41) is 5.12. The molecule has 0 radical (unpaired) electrons. The molecule has 0 bridgehead atoms. The van der Waals surface area contributed by atoms with E-state index in [9.17, 15) is 9.59 Å². The van der Waals surface area contributed by atoms with Crippen LogP contribution in [0.3, 0.4) is 0 Å². The maximum atomic E-state index is 12.6. The maximum Gasteiger partial charge on any atom is 0.411 e. The number of ether oxygens (including phenoxy) is 1. The Morgan fingerprint density at radius 2 is 1.97 bits per heavy atom. The Morgan fingerprint density at radius 1 is 1.15 bits per heavy atom. The van der Waals surface area contributed by atoms with E-state index >= 15 is 0 Å². The molecule has 7 heteroatoms. The number of hydrogen-bond acceptors (Lipinski definition) is 4. The largest absolute Gasteiger partial charge is 0.444 e. The molecule has 0 saturated carbocycles. The van der Waals surface area contributed by atoms with Gasteiger partial charge in [0.25, 0.3) is 0 Å². The van der Waals surface area contributed by atoms with E-state index in [-0.39, 0.29) is 12.3 Å². The molecule has 2 aromatic carbocycles. The number of anilines is 1. The van der Waals surface area contributed by atoms with Crippen LogP contribution in [0.5, 0.6) is 0 Å². The topological polar surface area (TPSA) is 66.8 Å². The van der Waals surface area contributed by atoms with Gasteiger partial charge in [0.15, 0.2) is 0 Å². The smallest absolute Gasteiger partial charge is 0.411 e. The van der Waals surface area contributed by atoms with Crippen molar-refractivity contribution in [2.75, 3.05) is 32.0 Å². The van der Waals surface area contributed by atoms with Crippen LogP contribution in [0.1, 0.15) is 32.6 Å². The zero-order chi connectivity index (χ0) is 22.9. The molecule has 2 aliphatic rings. The number of hydrogen-bond donors (Lipinski definition) is 1. The zero-order valence-corrected chi connectivity index (χ0v) is 19.4. The SMILES string of the molecule is CCn1c2ccccc2c2cc(NC(=O)OC3CC(=O)N(CCC4CCCN4C)C3)ccc21. The van der Waals surface area contributed by atoms with E-state index in [1.807, 2.05) is 35.2 Å². The number of carbonyl (C=O) groups is 2. The molecule has 5 rings (SSSR count). The number of fused-ring (bicyclic) bond motifs is 3. The summed E-state index contributed by atoms with van der Waals surface area (Å²) in [5.74, 6) is 0.0715. The van der Waals surface area contributed by atoms with Gasteiger partial charge in [0.1, 0.15) is 6.10 Å². The van der Waals surface area contributed by atoms with Gasteiger partial charge >= 0.3 is 6.09 Å². The van der Waals surface area contributed by atoms with Crippen LogP contribution in [0.15, 0.2) is 42.5 Å². The van der Waals surface area contributed by atoms with Gasteiger partial charge in [-0.25, -0.2) is 4.79 Å². The highest BCUT2D eigenvalue weighted by atomic mass is 16.6. The average molecular weight is 449 g/mol. The van der Waals surface area contributed by atoms with Gasteiger partial charge in [-0.3, -0.25) is 10.1 Å². The van der Waals surface area contributed by atoms with Gasteiger partial charge < -0.3 is 19.1 Å². The Labute approximate surface area is 194 Å². The molecule has 7 nitrogen and oxygen atoms in total. The number of aromatic nitrogens is 1. The molecule has 0 aliphatic carbocycles. The van der Waals surface area contributed by atoms with Crippen molar-refractivity contribution in [3.63, 3.8) is 0 Å². The second kappa shape index (κ2) is 9.06. The van der Waals surface area contributed by atoms with Crippen LogP contribution in [-0.4, -0.2) is 65.2 Å². The van der Waals surface area contributed by atoms with E-state index in [0.29, 0.717) is 18.3 Å². The van der Waals surface area contributed by atoms with Crippen molar-refractivity contribution in [2.24, 2.45) is 0 Å². The first-order valence-electron chi connectivity index (χ1n) is 12.0. The molecule has 0 spiro atoms. The quantitative estimate of drug-likeness (QED) is 0.605. The van der Waals surface area contributed by atoms with E-state index in [1.165, 1.54) is 18.4 Å². The predicted molar refractivity (Wildman–Crippen MR) is 130 cm³/mol. The summed E-state index contributed by atoms with van der Waals surface area (Å²) in [5.41, 5.74) is 3.02. The molecule has 1 aromatic heterocycles. The number of benzene rings is 2. The highest BCUT2D eigenvalue weighted by molar-refractivity contribution is 6.09. The summed E-state index contributed by atoms with van der Waals surface area (Å²) in [6.45, 7) is 5.35. The lowest BCUT2D eigenvalue weighted by atomic mass is 10.1. The van der Waals surface area contributed by atoms with Crippen LogP contribution in [0.4, 0.5) is 10.5 Å². The molecular formula is C26H32N4O3. The van der Waals surface area contributed by atoms with Crippen LogP contribution in [0, 0.1) is 0 Å². The van der Waals surface area contributed by atoms with Crippen LogP contribution in [0.2, 0.25) is 0 Å². The molecule has 2 amide bonds. The number of likely N-dealkylation sites (tertiary alicyclic amines) is 2. The van der Waals surface area contributed by atoms with E-state index < -0.39 is 12.2 Å². The Hall–Kier alpha value is -3.06. The molecule has 2 unspecified atom stereocenters. The summed E-state index contributed by atoms with van der Waals surface area (Å²) < 4.78 is 7.88. The second-order valence-electron chi connectivity index (χ2n) is 9.25. The number of aryl methyl sites for hydroxylation is 1. The van der Waals surface area contributed by atoms with Crippen molar-refractivity contribution >= 4 is 39.5 Å². The third kappa shape index (κ3) is 4.29. The van der Waals surface area contributed by atoms with Gasteiger partial charge in [-0.1, -0.05) is 18.2 Å². The van der Waals surface area contributed by atoms with Crippen LogP contribution < -0.4 is 5.32 Å². The third-order valence-corrected chi connectivity index (χ3v) is 7.19. The van der Waals surface area contributed by atoms with E-state index in [0.717, 1.165) is 42.3 Å². The van der Waals surface area contributed by atoms with Crippen LogP contribution >= 0.6 is 0 Å². The average Bonchev–Trinajstić information content (AvgIpc) is 3.47. The minimum Gasteiger partial charge on any atom is -0.444 e. The number of para-hydroxylation sites is 1. The molecule has 33 heavy (non-hydrogen) atoms. The second-order valence-corrected chi connectivity index (χ2v) is 9.25. The molecule has 174 valence electrons. The fourth-order valence-corrected chi connectivity index (χ4v) is 5.45. The van der Waals surface area contributed by atoms with E-state index in [2.05, 4.69) is 40.9 Å². The van der Waals surface area contributed by atoms with Gasteiger partial charge in [0.2, 0.25) is 5.91 Å². The lowest BCUT2D eigenvalue weighted by Crippen LogP contribution is -2.33. The Morgan fingerprint density at radius 3 is 2.76 bits per heavy atom. The van der Waals surface area contributed by atoms with Crippen LogP contribution in [0.25, 0.3) is 21.8 Å². The molecule has 2 atom stereocenters. The van der Waals surface area contributed by atoms with Gasteiger partial charge in [0, 0.05) is 46.6 Å². The van der Waals surface area contributed by atoms with Gasteiger partial charge in [0.05, 0.1) is 13.0 Å². The predicted octanol–water partition coefficient (Wildman–Crippen LogP) is 4.45. The Bertz CT molecular complexity index is 1190. The van der Waals surface area contributed by atoms with E-state index in [1.54, 1.807) is 0 Å². The number of nitrogens with zero attached hydrogens (tertiary/aromatic N) is 3. The first-order chi connectivity index (χ1) is 16.0. The molecule has 2 aliphatic heterocycles. The summed E-state index contributed by atoms with van der Waals surface area (Å²) >= 11 is 0. The van der Waals surface area contributed by atoms with Crippen molar-refractivity contribution in [2.45, 2.75) is 51.3 Å². The standard InChI is InChI=1S/C26H32N4O3/c1-3-30-23-9-5-4-8-21(23)22-15-18(10-11-24(22)30)27-26(32)33-20-16-25(31)29(17-20)14-12-19-7-6-13-28(19)2/h4-5,8-11,15,19-20H,3,6-7,12-14,16-17H2,1-2H3,(H,27,32). The molecule has 3 heterocycles. The number of rotatable bonds is 6. The van der Waals surface area contributed by atoms with Crippen molar-refractivity contribution < 1.29 is 14.3 Å². The maximum absolute atomic E-state index is 12.6. The summed E-state index contributed by atoms with van der Waals surface area (Å²) in [6.07, 6.45) is 2.76. The van der Waals surface area contributed by atoms with E-state index in [4.69, 9.17) is 4.74 Å². The molecule has 3 aromatic rings. The molecule has 2 fully saturated rings. The molecule has 2 saturated heterocycles. The summed E-state index contributed by atoms with van der Waals surface area (Å²) in [6, 6.07) is 14.8. The molecular weight excluding hydrogens is 416 g/mol. The zero-order valence-electron chi connectivity index (χ0n) is 19.4. The lowest BCUT2D eigenvalue weighted by Gasteiger charge is -2.23. The number of amides is 2. The number of carbonyl (C=O) groups excluding carboxylic acids is 2. The Balaban J connectivity index is 1.21. The monoisotopic (exact) mass is 448 g/mol.